The highest BCUT2D eigenvalue weighted by atomic mass is 15.1. The van der Waals surface area contributed by atoms with Crippen LogP contribution in [-0.4, -0.2) is 44.2 Å². The largest absolute Gasteiger partial charge is 0.329 e. The van der Waals surface area contributed by atoms with Crippen LogP contribution in [0, 0.1) is 0 Å². The molecule has 0 aromatic heterocycles. The van der Waals surface area contributed by atoms with E-state index in [0.29, 0.717) is 0 Å². The van der Waals surface area contributed by atoms with Crippen LogP contribution >= 0.6 is 0 Å². The quantitative estimate of drug-likeness (QED) is 0.610. The van der Waals surface area contributed by atoms with Gasteiger partial charge >= 0.3 is 0 Å². The van der Waals surface area contributed by atoms with E-state index in [9.17, 15) is 0 Å². The van der Waals surface area contributed by atoms with Gasteiger partial charge in [0.1, 0.15) is 0 Å². The number of likely N-dealkylation sites (tertiary alicyclic amines) is 1. The van der Waals surface area contributed by atoms with Crippen molar-refractivity contribution in [2.24, 2.45) is 5.73 Å². The van der Waals surface area contributed by atoms with Crippen molar-refractivity contribution in [2.75, 3.05) is 39.3 Å². The standard InChI is InChI=1S/C10H23N3/c11-5-6-12-7-10-13-8-3-1-2-4-9-13/h12H,1-11H2. The van der Waals surface area contributed by atoms with Crippen LogP contribution in [0.15, 0.2) is 0 Å². The molecule has 1 fully saturated rings. The lowest BCUT2D eigenvalue weighted by atomic mass is 10.2. The fourth-order valence-electron chi connectivity index (χ4n) is 1.82. The summed E-state index contributed by atoms with van der Waals surface area (Å²) in [6.45, 7) is 6.58. The van der Waals surface area contributed by atoms with Crippen molar-refractivity contribution in [1.82, 2.24) is 10.2 Å². The zero-order chi connectivity index (χ0) is 9.36. The summed E-state index contributed by atoms with van der Waals surface area (Å²) in [7, 11) is 0. The summed E-state index contributed by atoms with van der Waals surface area (Å²) in [5, 5.41) is 3.34. The third-order valence-corrected chi connectivity index (χ3v) is 2.62. The van der Waals surface area contributed by atoms with E-state index < -0.39 is 0 Å². The van der Waals surface area contributed by atoms with Crippen LogP contribution in [0.2, 0.25) is 0 Å². The van der Waals surface area contributed by atoms with E-state index in [4.69, 9.17) is 5.73 Å². The summed E-state index contributed by atoms with van der Waals surface area (Å²) in [6.07, 6.45) is 5.62. The van der Waals surface area contributed by atoms with Crippen LogP contribution in [0.25, 0.3) is 0 Å². The molecule has 0 aliphatic carbocycles. The van der Waals surface area contributed by atoms with E-state index in [1.54, 1.807) is 0 Å². The molecular formula is C10H23N3. The lowest BCUT2D eigenvalue weighted by Gasteiger charge is -2.19. The third kappa shape index (κ3) is 5.24. The molecule has 1 heterocycles. The van der Waals surface area contributed by atoms with E-state index >= 15 is 0 Å². The molecule has 0 amide bonds. The van der Waals surface area contributed by atoms with E-state index in [2.05, 4.69) is 10.2 Å². The molecule has 3 nitrogen and oxygen atoms in total. The number of hydrogen-bond donors (Lipinski definition) is 2. The number of nitrogens with two attached hydrogens (primary N) is 1. The first kappa shape index (κ1) is 11.0. The molecule has 1 saturated heterocycles. The van der Waals surface area contributed by atoms with Crippen molar-refractivity contribution in [3.63, 3.8) is 0 Å². The van der Waals surface area contributed by atoms with Crippen LogP contribution in [0.4, 0.5) is 0 Å². The maximum Gasteiger partial charge on any atom is 0.0107 e. The van der Waals surface area contributed by atoms with Gasteiger partial charge in [-0.05, 0) is 25.9 Å². The topological polar surface area (TPSA) is 41.3 Å². The monoisotopic (exact) mass is 185 g/mol. The van der Waals surface area contributed by atoms with E-state index in [0.717, 1.165) is 19.6 Å². The second kappa shape index (κ2) is 7.30. The van der Waals surface area contributed by atoms with Gasteiger partial charge in [-0.3, -0.25) is 0 Å². The lowest BCUT2D eigenvalue weighted by Crippen LogP contribution is -2.34. The molecule has 3 heteroatoms. The van der Waals surface area contributed by atoms with Crippen LogP contribution in [0.1, 0.15) is 25.7 Å². The molecule has 1 aliphatic heterocycles. The van der Waals surface area contributed by atoms with Gasteiger partial charge in [0, 0.05) is 26.2 Å². The Kier molecular flexibility index (Phi) is 6.15. The Hall–Kier alpha value is -0.120. The van der Waals surface area contributed by atoms with Gasteiger partial charge in [-0.2, -0.15) is 0 Å². The average Bonchev–Trinajstić information content (AvgIpc) is 2.41. The Balaban J connectivity index is 1.98. The molecule has 3 N–H and O–H groups in total. The molecule has 0 saturated carbocycles. The van der Waals surface area contributed by atoms with Crippen molar-refractivity contribution in [3.05, 3.63) is 0 Å². The normalized spacial score (nSPS) is 20.1. The van der Waals surface area contributed by atoms with Crippen molar-refractivity contribution in [3.8, 4) is 0 Å². The predicted molar refractivity (Wildman–Crippen MR) is 56.8 cm³/mol. The SMILES string of the molecule is NCCNCCN1CCCCCC1. The molecule has 0 aromatic rings. The van der Waals surface area contributed by atoms with Crippen LogP contribution in [-0.2, 0) is 0 Å². The van der Waals surface area contributed by atoms with Crippen molar-refractivity contribution >= 4 is 0 Å². The number of rotatable bonds is 5. The van der Waals surface area contributed by atoms with E-state index in [-0.39, 0.29) is 0 Å². The fourth-order valence-corrected chi connectivity index (χ4v) is 1.82. The summed E-state index contributed by atoms with van der Waals surface area (Å²) in [6, 6.07) is 0. The Labute approximate surface area is 81.7 Å². The van der Waals surface area contributed by atoms with E-state index in [1.165, 1.54) is 45.3 Å². The molecule has 0 atom stereocenters. The fraction of sp³-hybridized carbons (Fsp3) is 1.00. The van der Waals surface area contributed by atoms with Crippen molar-refractivity contribution in [2.45, 2.75) is 25.7 Å². The van der Waals surface area contributed by atoms with Crippen LogP contribution in [0.3, 0.4) is 0 Å². The Morgan fingerprint density at radius 3 is 2.31 bits per heavy atom. The summed E-state index contributed by atoms with van der Waals surface area (Å²) >= 11 is 0. The molecule has 0 radical (unpaired) electrons. The molecular weight excluding hydrogens is 162 g/mol. The van der Waals surface area contributed by atoms with Crippen LogP contribution < -0.4 is 11.1 Å². The highest BCUT2D eigenvalue weighted by molar-refractivity contribution is 4.64. The van der Waals surface area contributed by atoms with Gasteiger partial charge in [0.15, 0.2) is 0 Å². The molecule has 0 bridgehead atoms. The van der Waals surface area contributed by atoms with Gasteiger partial charge in [-0.25, -0.2) is 0 Å². The molecule has 1 rings (SSSR count). The Bertz CT molecular complexity index is 109. The Morgan fingerprint density at radius 2 is 1.69 bits per heavy atom. The minimum atomic E-state index is 0.750. The number of nitrogens with one attached hydrogen (secondary N) is 1. The maximum absolute atomic E-state index is 5.40. The van der Waals surface area contributed by atoms with Crippen molar-refractivity contribution in [1.29, 1.82) is 0 Å². The van der Waals surface area contributed by atoms with E-state index in [1.807, 2.05) is 0 Å². The van der Waals surface area contributed by atoms with Gasteiger partial charge in [0.05, 0.1) is 0 Å². The molecule has 0 unspecified atom stereocenters. The molecule has 0 spiro atoms. The smallest absolute Gasteiger partial charge is 0.0107 e. The minimum absolute atomic E-state index is 0.750. The van der Waals surface area contributed by atoms with Crippen molar-refractivity contribution < 1.29 is 0 Å². The zero-order valence-corrected chi connectivity index (χ0v) is 8.60. The number of nitrogens with zero attached hydrogens (tertiary/aromatic N) is 1. The average molecular weight is 185 g/mol. The molecule has 1 aliphatic rings. The zero-order valence-electron chi connectivity index (χ0n) is 8.60. The Morgan fingerprint density at radius 1 is 1.00 bits per heavy atom. The summed E-state index contributed by atoms with van der Waals surface area (Å²) in [5.41, 5.74) is 5.40. The second-order valence-corrected chi connectivity index (χ2v) is 3.79. The molecule has 0 aromatic carbocycles. The third-order valence-electron chi connectivity index (χ3n) is 2.62. The second-order valence-electron chi connectivity index (χ2n) is 3.79. The molecule has 13 heavy (non-hydrogen) atoms. The first-order valence-corrected chi connectivity index (χ1v) is 5.56. The van der Waals surface area contributed by atoms with Gasteiger partial charge in [0.2, 0.25) is 0 Å². The summed E-state index contributed by atoms with van der Waals surface area (Å²) in [5.74, 6) is 0. The molecule has 78 valence electrons. The van der Waals surface area contributed by atoms with Gasteiger partial charge < -0.3 is 16.0 Å². The first-order valence-electron chi connectivity index (χ1n) is 5.56. The summed E-state index contributed by atoms with van der Waals surface area (Å²) in [4.78, 5) is 2.57. The number of hydrogen-bond acceptors (Lipinski definition) is 3. The predicted octanol–water partition coefficient (Wildman–Crippen LogP) is 0.411. The van der Waals surface area contributed by atoms with Crippen LogP contribution in [0.5, 0.6) is 0 Å². The lowest BCUT2D eigenvalue weighted by molar-refractivity contribution is 0.285. The maximum atomic E-state index is 5.40. The van der Waals surface area contributed by atoms with Gasteiger partial charge in [0.25, 0.3) is 0 Å². The first-order chi connectivity index (χ1) is 6.43. The highest BCUT2D eigenvalue weighted by Gasteiger charge is 2.07. The minimum Gasteiger partial charge on any atom is -0.329 e. The van der Waals surface area contributed by atoms with Gasteiger partial charge in [-0.15, -0.1) is 0 Å². The highest BCUT2D eigenvalue weighted by Crippen LogP contribution is 2.08. The summed E-state index contributed by atoms with van der Waals surface area (Å²) < 4.78 is 0. The van der Waals surface area contributed by atoms with Gasteiger partial charge in [-0.1, -0.05) is 12.8 Å².